The molecular formula is C10H22OSi. The molecule has 1 saturated carbocycles. The molecular weight excluding hydrogens is 164 g/mol. The molecule has 1 N–H and O–H groups in total. The standard InChI is InChI=1S/C10H22OSi/c1-12(2,3)8-10(11)9-6-4-5-7-9/h9-11H,4-8H2,1-3H3/t10-/m1/s1. The highest BCUT2D eigenvalue weighted by molar-refractivity contribution is 6.76. The van der Waals surface area contributed by atoms with Crippen molar-refractivity contribution in [1.82, 2.24) is 0 Å². The SMILES string of the molecule is C[Si](C)(C)C[C@@H](O)C1CCCC1. The van der Waals surface area contributed by atoms with Crippen LogP contribution in [0.3, 0.4) is 0 Å². The quantitative estimate of drug-likeness (QED) is 0.672. The average Bonchev–Trinajstić information content (AvgIpc) is 2.32. The summed E-state index contributed by atoms with van der Waals surface area (Å²) in [5.74, 6) is 0.636. The monoisotopic (exact) mass is 186 g/mol. The minimum absolute atomic E-state index is 0.0131. The highest BCUT2D eigenvalue weighted by Gasteiger charge is 2.27. The van der Waals surface area contributed by atoms with Gasteiger partial charge in [-0.3, -0.25) is 0 Å². The summed E-state index contributed by atoms with van der Waals surface area (Å²) in [6.45, 7) is 7.02. The van der Waals surface area contributed by atoms with E-state index < -0.39 is 8.07 Å². The largest absolute Gasteiger partial charge is 0.393 e. The van der Waals surface area contributed by atoms with Crippen molar-refractivity contribution in [2.45, 2.75) is 57.5 Å². The van der Waals surface area contributed by atoms with Crippen LogP contribution in [0.5, 0.6) is 0 Å². The van der Waals surface area contributed by atoms with E-state index in [0.29, 0.717) is 5.92 Å². The van der Waals surface area contributed by atoms with Gasteiger partial charge in [0.1, 0.15) is 0 Å². The smallest absolute Gasteiger partial charge is 0.0545 e. The van der Waals surface area contributed by atoms with Gasteiger partial charge in [0.15, 0.2) is 0 Å². The van der Waals surface area contributed by atoms with Crippen LogP contribution in [0.15, 0.2) is 0 Å². The Labute approximate surface area is 77.2 Å². The molecule has 0 aromatic heterocycles. The van der Waals surface area contributed by atoms with Gasteiger partial charge >= 0.3 is 0 Å². The number of aliphatic hydroxyl groups excluding tert-OH is 1. The number of rotatable bonds is 3. The van der Waals surface area contributed by atoms with Crippen LogP contribution in [0.2, 0.25) is 25.7 Å². The molecule has 0 amide bonds. The van der Waals surface area contributed by atoms with Crippen molar-refractivity contribution in [3.63, 3.8) is 0 Å². The predicted octanol–water partition coefficient (Wildman–Crippen LogP) is 2.88. The lowest BCUT2D eigenvalue weighted by Gasteiger charge is -2.24. The summed E-state index contributed by atoms with van der Waals surface area (Å²) < 4.78 is 0. The third-order valence-corrected chi connectivity index (χ3v) is 4.41. The second-order valence-electron chi connectivity index (χ2n) is 5.38. The van der Waals surface area contributed by atoms with Crippen LogP contribution in [-0.2, 0) is 0 Å². The second kappa shape index (κ2) is 3.92. The van der Waals surface area contributed by atoms with Crippen LogP contribution in [0.4, 0.5) is 0 Å². The fourth-order valence-corrected chi connectivity index (χ4v) is 3.72. The first-order chi connectivity index (χ1) is 5.49. The molecule has 0 saturated heterocycles. The first-order valence-electron chi connectivity index (χ1n) is 5.17. The number of aliphatic hydroxyl groups is 1. The van der Waals surface area contributed by atoms with Crippen LogP contribution in [0.25, 0.3) is 0 Å². The van der Waals surface area contributed by atoms with E-state index in [0.717, 1.165) is 6.04 Å². The van der Waals surface area contributed by atoms with E-state index >= 15 is 0 Å². The fraction of sp³-hybridized carbons (Fsp3) is 1.00. The summed E-state index contributed by atoms with van der Waals surface area (Å²) in [5.41, 5.74) is 0. The molecule has 0 heterocycles. The van der Waals surface area contributed by atoms with E-state index in [1.54, 1.807) is 0 Å². The molecule has 1 atom stereocenters. The van der Waals surface area contributed by atoms with Gasteiger partial charge in [-0.25, -0.2) is 0 Å². The van der Waals surface area contributed by atoms with Gasteiger partial charge in [0, 0.05) is 8.07 Å². The Morgan fingerprint density at radius 1 is 1.25 bits per heavy atom. The van der Waals surface area contributed by atoms with Crippen LogP contribution in [0.1, 0.15) is 25.7 Å². The molecule has 1 aliphatic carbocycles. The van der Waals surface area contributed by atoms with E-state index in [-0.39, 0.29) is 6.10 Å². The zero-order valence-electron chi connectivity index (χ0n) is 8.64. The lowest BCUT2D eigenvalue weighted by atomic mass is 10.0. The van der Waals surface area contributed by atoms with E-state index in [1.807, 2.05) is 0 Å². The number of hydrogen-bond acceptors (Lipinski definition) is 1. The summed E-state index contributed by atoms with van der Waals surface area (Å²) >= 11 is 0. The molecule has 1 aliphatic rings. The van der Waals surface area contributed by atoms with Gasteiger partial charge in [0.2, 0.25) is 0 Å². The molecule has 0 spiro atoms. The highest BCUT2D eigenvalue weighted by atomic mass is 28.3. The Balaban J connectivity index is 2.31. The van der Waals surface area contributed by atoms with Gasteiger partial charge in [0.25, 0.3) is 0 Å². The summed E-state index contributed by atoms with van der Waals surface area (Å²) in [6, 6.07) is 1.09. The molecule has 0 aromatic rings. The Morgan fingerprint density at radius 3 is 2.17 bits per heavy atom. The summed E-state index contributed by atoms with van der Waals surface area (Å²) in [5, 5.41) is 9.92. The minimum Gasteiger partial charge on any atom is -0.393 e. The molecule has 2 heteroatoms. The lowest BCUT2D eigenvalue weighted by molar-refractivity contribution is 0.127. The second-order valence-corrected chi connectivity index (χ2v) is 10.9. The van der Waals surface area contributed by atoms with Crippen LogP contribution in [-0.4, -0.2) is 19.3 Å². The van der Waals surface area contributed by atoms with Crippen molar-refractivity contribution in [3.8, 4) is 0 Å². The maximum absolute atomic E-state index is 9.92. The van der Waals surface area contributed by atoms with E-state index in [4.69, 9.17) is 0 Å². The zero-order valence-corrected chi connectivity index (χ0v) is 9.64. The van der Waals surface area contributed by atoms with Crippen LogP contribution < -0.4 is 0 Å². The van der Waals surface area contributed by atoms with Crippen LogP contribution in [0, 0.1) is 5.92 Å². The maximum atomic E-state index is 9.92. The Hall–Kier alpha value is 0.177. The topological polar surface area (TPSA) is 20.2 Å². The molecule has 0 bridgehead atoms. The Morgan fingerprint density at radius 2 is 1.75 bits per heavy atom. The third kappa shape index (κ3) is 3.28. The number of hydrogen-bond donors (Lipinski definition) is 1. The lowest BCUT2D eigenvalue weighted by Crippen LogP contribution is -2.30. The first kappa shape index (κ1) is 10.3. The highest BCUT2D eigenvalue weighted by Crippen LogP contribution is 2.31. The van der Waals surface area contributed by atoms with Gasteiger partial charge in [-0.1, -0.05) is 32.5 Å². The normalized spacial score (nSPS) is 23.0. The van der Waals surface area contributed by atoms with Crippen LogP contribution >= 0.6 is 0 Å². The molecule has 0 aromatic carbocycles. The van der Waals surface area contributed by atoms with Crippen molar-refractivity contribution < 1.29 is 5.11 Å². The van der Waals surface area contributed by atoms with Crippen molar-refractivity contribution in [2.75, 3.05) is 0 Å². The molecule has 1 rings (SSSR count). The van der Waals surface area contributed by atoms with Gasteiger partial charge in [-0.2, -0.15) is 0 Å². The minimum atomic E-state index is -1.04. The summed E-state index contributed by atoms with van der Waals surface area (Å²) in [4.78, 5) is 0. The van der Waals surface area contributed by atoms with Gasteiger partial charge < -0.3 is 5.11 Å². The molecule has 0 aliphatic heterocycles. The predicted molar refractivity (Wildman–Crippen MR) is 56.1 cm³/mol. The molecule has 0 radical (unpaired) electrons. The summed E-state index contributed by atoms with van der Waals surface area (Å²) in [7, 11) is -1.04. The molecule has 72 valence electrons. The van der Waals surface area contributed by atoms with Gasteiger partial charge in [-0.15, -0.1) is 0 Å². The Kier molecular flexibility index (Phi) is 3.35. The van der Waals surface area contributed by atoms with E-state index in [2.05, 4.69) is 19.6 Å². The van der Waals surface area contributed by atoms with Gasteiger partial charge in [0.05, 0.1) is 6.10 Å². The van der Waals surface area contributed by atoms with Crippen molar-refractivity contribution in [1.29, 1.82) is 0 Å². The van der Waals surface area contributed by atoms with E-state index in [1.165, 1.54) is 25.7 Å². The van der Waals surface area contributed by atoms with Crippen molar-refractivity contribution in [2.24, 2.45) is 5.92 Å². The third-order valence-electron chi connectivity index (χ3n) is 2.77. The first-order valence-corrected chi connectivity index (χ1v) is 8.88. The zero-order chi connectivity index (χ0) is 9.19. The maximum Gasteiger partial charge on any atom is 0.0545 e. The summed E-state index contributed by atoms with van der Waals surface area (Å²) in [6.07, 6.45) is 5.23. The molecule has 1 fully saturated rings. The van der Waals surface area contributed by atoms with Crippen molar-refractivity contribution >= 4 is 8.07 Å². The van der Waals surface area contributed by atoms with Crippen molar-refractivity contribution in [3.05, 3.63) is 0 Å². The molecule has 0 unspecified atom stereocenters. The Bertz CT molecular complexity index is 133. The average molecular weight is 186 g/mol. The fourth-order valence-electron chi connectivity index (χ4n) is 2.14. The van der Waals surface area contributed by atoms with Gasteiger partial charge in [-0.05, 0) is 24.8 Å². The molecule has 1 nitrogen and oxygen atoms in total. The van der Waals surface area contributed by atoms with E-state index in [9.17, 15) is 5.11 Å². The molecule has 12 heavy (non-hydrogen) atoms.